The van der Waals surface area contributed by atoms with Crippen molar-refractivity contribution in [3.05, 3.63) is 35.3 Å². The molecule has 0 saturated heterocycles. The van der Waals surface area contributed by atoms with Gasteiger partial charge in [-0.2, -0.15) is 0 Å². The lowest BCUT2D eigenvalue weighted by atomic mass is 10.1. The fourth-order valence-electron chi connectivity index (χ4n) is 2.96. The van der Waals surface area contributed by atoms with E-state index in [1.54, 1.807) is 6.20 Å². The van der Waals surface area contributed by atoms with Gasteiger partial charge >= 0.3 is 0 Å². The van der Waals surface area contributed by atoms with Crippen molar-refractivity contribution >= 4 is 50.7 Å². The van der Waals surface area contributed by atoms with Gasteiger partial charge in [-0.1, -0.05) is 11.8 Å². The van der Waals surface area contributed by atoms with Gasteiger partial charge in [0.05, 0.1) is 11.3 Å². The van der Waals surface area contributed by atoms with Crippen LogP contribution in [0.1, 0.15) is 5.56 Å². The molecule has 4 aromatic rings. The van der Waals surface area contributed by atoms with Gasteiger partial charge in [0.2, 0.25) is 12.7 Å². The Balaban J connectivity index is 1.51. The Morgan fingerprint density at radius 3 is 2.96 bits per heavy atom. The van der Waals surface area contributed by atoms with Crippen molar-refractivity contribution in [2.75, 3.05) is 17.9 Å². The van der Waals surface area contributed by atoms with E-state index >= 15 is 0 Å². The lowest BCUT2D eigenvalue weighted by molar-refractivity contribution is -0.113. The lowest BCUT2D eigenvalue weighted by Crippen LogP contribution is -2.14. The molecule has 0 bridgehead atoms. The van der Waals surface area contributed by atoms with Crippen molar-refractivity contribution in [1.29, 1.82) is 0 Å². The third-order valence-corrected chi connectivity index (χ3v) is 5.75. The van der Waals surface area contributed by atoms with Gasteiger partial charge in [0.1, 0.15) is 0 Å². The van der Waals surface area contributed by atoms with Gasteiger partial charge in [-0.05, 0) is 24.6 Å². The number of thiazole rings is 1. The molecule has 0 saturated carbocycles. The highest BCUT2D eigenvalue weighted by atomic mass is 32.2. The van der Waals surface area contributed by atoms with Crippen LogP contribution >= 0.6 is 23.1 Å². The zero-order valence-corrected chi connectivity index (χ0v) is 15.8. The number of amides is 1. The molecule has 8 nitrogen and oxygen atoms in total. The molecule has 0 aliphatic carbocycles. The van der Waals surface area contributed by atoms with E-state index in [1.165, 1.54) is 23.1 Å². The quantitative estimate of drug-likeness (QED) is 0.527. The summed E-state index contributed by atoms with van der Waals surface area (Å²) in [6, 6.07) is 5.92. The Labute approximate surface area is 161 Å². The Hall–Kier alpha value is -2.85. The van der Waals surface area contributed by atoms with Crippen molar-refractivity contribution in [3.63, 3.8) is 0 Å². The Bertz CT molecular complexity index is 1170. The summed E-state index contributed by atoms with van der Waals surface area (Å²) >= 11 is 2.71. The van der Waals surface area contributed by atoms with E-state index < -0.39 is 0 Å². The third kappa shape index (κ3) is 2.86. The number of aromatic nitrogens is 4. The van der Waals surface area contributed by atoms with E-state index in [9.17, 15) is 4.79 Å². The number of nitrogens with zero attached hydrogens (tertiary/aromatic N) is 4. The Morgan fingerprint density at radius 1 is 1.30 bits per heavy atom. The van der Waals surface area contributed by atoms with Gasteiger partial charge in [-0.25, -0.2) is 4.98 Å². The van der Waals surface area contributed by atoms with E-state index in [2.05, 4.69) is 20.5 Å². The van der Waals surface area contributed by atoms with Crippen molar-refractivity contribution in [2.45, 2.75) is 12.1 Å². The Kier molecular flexibility index (Phi) is 3.87. The second kappa shape index (κ2) is 6.39. The van der Waals surface area contributed by atoms with Crippen molar-refractivity contribution in [2.24, 2.45) is 0 Å². The predicted octanol–water partition coefficient (Wildman–Crippen LogP) is 3.11. The SMILES string of the molecule is Cc1cc2cc3c(cc2n2c(SCC(=O)Nc4nccs4)nnc12)OCO3. The molecule has 5 rings (SSSR count). The first kappa shape index (κ1) is 16.3. The molecular weight excluding hydrogens is 386 g/mol. The van der Waals surface area contributed by atoms with Crippen LogP contribution in [-0.2, 0) is 4.79 Å². The number of rotatable bonds is 4. The van der Waals surface area contributed by atoms with E-state index in [0.717, 1.165) is 27.9 Å². The number of fused-ring (bicyclic) bond motifs is 4. The van der Waals surface area contributed by atoms with Gasteiger partial charge in [-0.3, -0.25) is 9.20 Å². The van der Waals surface area contributed by atoms with Gasteiger partial charge in [0.25, 0.3) is 0 Å². The minimum Gasteiger partial charge on any atom is -0.454 e. The normalized spacial score (nSPS) is 12.8. The highest BCUT2D eigenvalue weighted by Gasteiger charge is 2.19. The summed E-state index contributed by atoms with van der Waals surface area (Å²) in [5.74, 6) is 1.49. The van der Waals surface area contributed by atoms with Crippen LogP contribution in [0.15, 0.2) is 34.9 Å². The number of carbonyl (C=O) groups is 1. The number of anilines is 1. The maximum absolute atomic E-state index is 12.2. The number of thioether (sulfide) groups is 1. The van der Waals surface area contributed by atoms with Crippen molar-refractivity contribution in [3.8, 4) is 11.5 Å². The highest BCUT2D eigenvalue weighted by Crippen LogP contribution is 2.37. The molecule has 0 unspecified atom stereocenters. The smallest absolute Gasteiger partial charge is 0.236 e. The van der Waals surface area contributed by atoms with Crippen LogP contribution in [0.5, 0.6) is 11.5 Å². The third-order valence-electron chi connectivity index (χ3n) is 4.13. The number of carbonyl (C=O) groups excluding carboxylic acids is 1. The van der Waals surface area contributed by atoms with Crippen LogP contribution in [0.3, 0.4) is 0 Å². The number of ether oxygens (including phenoxy) is 2. The predicted molar refractivity (Wildman–Crippen MR) is 103 cm³/mol. The van der Waals surface area contributed by atoms with Gasteiger partial charge < -0.3 is 14.8 Å². The summed E-state index contributed by atoms with van der Waals surface area (Å²) < 4.78 is 12.9. The minimum atomic E-state index is -0.138. The molecule has 1 amide bonds. The first-order valence-corrected chi connectivity index (χ1v) is 9.96. The maximum Gasteiger partial charge on any atom is 0.236 e. The number of hydrogen-bond acceptors (Lipinski definition) is 8. The summed E-state index contributed by atoms with van der Waals surface area (Å²) in [6.07, 6.45) is 1.65. The number of pyridine rings is 1. The second-order valence-electron chi connectivity index (χ2n) is 5.91. The highest BCUT2D eigenvalue weighted by molar-refractivity contribution is 7.99. The summed E-state index contributed by atoms with van der Waals surface area (Å²) in [5.41, 5.74) is 2.66. The average molecular weight is 399 g/mol. The molecule has 0 radical (unpaired) electrons. The summed E-state index contributed by atoms with van der Waals surface area (Å²) in [6.45, 7) is 2.20. The molecule has 1 aliphatic heterocycles. The molecule has 1 aromatic carbocycles. The second-order valence-corrected chi connectivity index (χ2v) is 7.74. The zero-order chi connectivity index (χ0) is 18.4. The number of nitrogens with one attached hydrogen (secondary N) is 1. The van der Waals surface area contributed by atoms with Crippen molar-refractivity contribution in [1.82, 2.24) is 19.6 Å². The number of benzene rings is 1. The topological polar surface area (TPSA) is 90.6 Å². The molecule has 10 heteroatoms. The van der Waals surface area contributed by atoms with E-state index in [-0.39, 0.29) is 18.5 Å². The van der Waals surface area contributed by atoms with E-state index in [4.69, 9.17) is 9.47 Å². The van der Waals surface area contributed by atoms with Crippen LogP contribution in [0.2, 0.25) is 0 Å². The standard InChI is InChI=1S/C17H13N5O3S2/c1-9-4-10-5-12-13(25-8-24-12)6-11(10)22-15(9)20-21-17(22)27-7-14(23)19-16-18-2-3-26-16/h2-6H,7-8H2,1H3,(H,18,19,23). The van der Waals surface area contributed by atoms with Crippen LogP contribution in [-0.4, -0.2) is 38.0 Å². The molecule has 1 N–H and O–H groups in total. The largest absolute Gasteiger partial charge is 0.454 e. The van der Waals surface area contributed by atoms with Crippen LogP contribution < -0.4 is 14.8 Å². The van der Waals surface area contributed by atoms with Gasteiger partial charge in [0.15, 0.2) is 27.4 Å². The lowest BCUT2D eigenvalue weighted by Gasteiger charge is -2.08. The Morgan fingerprint density at radius 2 is 2.15 bits per heavy atom. The van der Waals surface area contributed by atoms with E-state index in [1.807, 2.05) is 34.9 Å². The number of hydrogen-bond donors (Lipinski definition) is 1. The molecule has 3 aromatic heterocycles. The van der Waals surface area contributed by atoms with Crippen LogP contribution in [0.25, 0.3) is 16.6 Å². The van der Waals surface area contributed by atoms with Crippen molar-refractivity contribution < 1.29 is 14.3 Å². The minimum absolute atomic E-state index is 0.138. The first-order valence-electron chi connectivity index (χ1n) is 8.09. The monoisotopic (exact) mass is 399 g/mol. The summed E-state index contributed by atoms with van der Waals surface area (Å²) in [4.78, 5) is 16.2. The molecule has 0 atom stereocenters. The van der Waals surface area contributed by atoms with Gasteiger partial charge in [0, 0.05) is 23.0 Å². The molecule has 0 fully saturated rings. The summed E-state index contributed by atoms with van der Waals surface area (Å²) in [5, 5.41) is 15.4. The molecule has 136 valence electrons. The van der Waals surface area contributed by atoms with E-state index in [0.29, 0.717) is 16.0 Å². The number of aryl methyl sites for hydroxylation is 1. The van der Waals surface area contributed by atoms with Crippen LogP contribution in [0.4, 0.5) is 5.13 Å². The molecular formula is C17H13N5O3S2. The van der Waals surface area contributed by atoms with Crippen LogP contribution in [0, 0.1) is 6.92 Å². The summed E-state index contributed by atoms with van der Waals surface area (Å²) in [7, 11) is 0. The fraction of sp³-hybridized carbons (Fsp3) is 0.176. The van der Waals surface area contributed by atoms with Gasteiger partial charge in [-0.15, -0.1) is 21.5 Å². The molecule has 1 aliphatic rings. The maximum atomic E-state index is 12.2. The fourth-order valence-corrected chi connectivity index (χ4v) is 4.25. The molecule has 27 heavy (non-hydrogen) atoms. The zero-order valence-electron chi connectivity index (χ0n) is 14.1. The molecule has 0 spiro atoms. The molecule has 4 heterocycles. The average Bonchev–Trinajstić information content (AvgIpc) is 3.39. The first-order chi connectivity index (χ1) is 13.2.